The highest BCUT2D eigenvalue weighted by atomic mass is 16.5. The number of likely N-dealkylation sites (N-methyl/N-ethyl adjacent to an activating group) is 1. The van der Waals surface area contributed by atoms with Crippen molar-refractivity contribution in [3.05, 3.63) is 30.1 Å². The average molecular weight is 220 g/mol. The Hall–Kier alpha value is -0.930. The van der Waals surface area contributed by atoms with Crippen LogP contribution in [0.5, 0.6) is 0 Å². The zero-order valence-corrected chi connectivity index (χ0v) is 10.1. The molecule has 16 heavy (non-hydrogen) atoms. The number of nitrogens with one attached hydrogen (secondary N) is 1. The molecular weight excluding hydrogens is 200 g/mol. The van der Waals surface area contributed by atoms with Crippen molar-refractivity contribution in [3.63, 3.8) is 0 Å². The second-order valence-corrected chi connectivity index (χ2v) is 4.67. The van der Waals surface area contributed by atoms with Crippen LogP contribution in [0.15, 0.2) is 24.5 Å². The summed E-state index contributed by atoms with van der Waals surface area (Å²) >= 11 is 0. The summed E-state index contributed by atoms with van der Waals surface area (Å²) in [6.45, 7) is 3.10. The molecule has 0 spiro atoms. The summed E-state index contributed by atoms with van der Waals surface area (Å²) in [5.41, 5.74) is 1.24. The molecule has 0 radical (unpaired) electrons. The minimum absolute atomic E-state index is 0.0232. The molecule has 2 heterocycles. The van der Waals surface area contributed by atoms with Crippen LogP contribution in [0.1, 0.15) is 25.3 Å². The molecule has 0 amide bonds. The van der Waals surface area contributed by atoms with Gasteiger partial charge >= 0.3 is 0 Å². The summed E-state index contributed by atoms with van der Waals surface area (Å²) in [5.74, 6) is 0. The summed E-state index contributed by atoms with van der Waals surface area (Å²) in [6.07, 6.45) is 7.02. The van der Waals surface area contributed by atoms with Gasteiger partial charge in [0.2, 0.25) is 0 Å². The number of hydrogen-bond donors (Lipinski definition) is 1. The van der Waals surface area contributed by atoms with E-state index in [0.717, 1.165) is 19.4 Å². The van der Waals surface area contributed by atoms with Gasteiger partial charge in [0.25, 0.3) is 0 Å². The Morgan fingerprint density at radius 3 is 3.06 bits per heavy atom. The molecule has 88 valence electrons. The fourth-order valence-corrected chi connectivity index (χ4v) is 2.45. The van der Waals surface area contributed by atoms with Crippen molar-refractivity contribution in [1.29, 1.82) is 0 Å². The van der Waals surface area contributed by atoms with E-state index in [9.17, 15) is 0 Å². The largest absolute Gasteiger partial charge is 0.374 e. The summed E-state index contributed by atoms with van der Waals surface area (Å²) in [7, 11) is 2.01. The Balaban J connectivity index is 2.06. The number of aromatic nitrogens is 1. The van der Waals surface area contributed by atoms with E-state index in [1.807, 2.05) is 25.5 Å². The van der Waals surface area contributed by atoms with Gasteiger partial charge < -0.3 is 10.1 Å². The Morgan fingerprint density at radius 1 is 1.62 bits per heavy atom. The molecular formula is C13H20N2O. The molecule has 1 aromatic rings. The average Bonchev–Trinajstić information content (AvgIpc) is 2.75. The van der Waals surface area contributed by atoms with Crippen molar-refractivity contribution in [2.75, 3.05) is 13.7 Å². The molecule has 1 saturated heterocycles. The molecule has 2 atom stereocenters. The molecule has 0 bridgehead atoms. The molecule has 0 aliphatic carbocycles. The first kappa shape index (κ1) is 11.6. The Bertz CT molecular complexity index is 320. The van der Waals surface area contributed by atoms with Crippen LogP contribution >= 0.6 is 0 Å². The molecule has 2 unspecified atom stereocenters. The molecule has 1 fully saturated rings. The molecule has 3 heteroatoms. The van der Waals surface area contributed by atoms with Gasteiger partial charge in [0, 0.05) is 25.0 Å². The summed E-state index contributed by atoms with van der Waals surface area (Å²) in [4.78, 5) is 4.15. The first-order valence-corrected chi connectivity index (χ1v) is 5.95. The van der Waals surface area contributed by atoms with Crippen molar-refractivity contribution in [3.8, 4) is 0 Å². The molecule has 1 aromatic heterocycles. The number of hydrogen-bond acceptors (Lipinski definition) is 3. The highest BCUT2D eigenvalue weighted by molar-refractivity contribution is 5.12. The van der Waals surface area contributed by atoms with Crippen LogP contribution in [0.25, 0.3) is 0 Å². The van der Waals surface area contributed by atoms with E-state index in [2.05, 4.69) is 23.3 Å². The van der Waals surface area contributed by atoms with Crippen LogP contribution < -0.4 is 5.32 Å². The predicted octanol–water partition coefficient (Wildman–Crippen LogP) is 1.78. The van der Waals surface area contributed by atoms with Gasteiger partial charge in [0.05, 0.1) is 5.60 Å². The van der Waals surface area contributed by atoms with Gasteiger partial charge in [-0.3, -0.25) is 4.98 Å². The van der Waals surface area contributed by atoms with Gasteiger partial charge in [-0.05, 0) is 44.9 Å². The third kappa shape index (κ3) is 2.42. The van der Waals surface area contributed by atoms with Gasteiger partial charge in [-0.1, -0.05) is 6.07 Å². The molecule has 0 saturated carbocycles. The number of nitrogens with zero attached hydrogens (tertiary/aromatic N) is 1. The summed E-state index contributed by atoms with van der Waals surface area (Å²) in [5, 5.41) is 3.38. The van der Waals surface area contributed by atoms with Crippen molar-refractivity contribution in [1.82, 2.24) is 10.3 Å². The molecule has 2 rings (SSSR count). The second-order valence-electron chi connectivity index (χ2n) is 4.67. The third-order valence-electron chi connectivity index (χ3n) is 3.50. The SMILES string of the molecule is CNC(Cc1cccnc1)C1(C)CCCO1. The number of rotatable bonds is 4. The second kappa shape index (κ2) is 4.93. The lowest BCUT2D eigenvalue weighted by Gasteiger charge is -2.33. The van der Waals surface area contributed by atoms with Crippen LogP contribution in [0, 0.1) is 0 Å². The predicted molar refractivity (Wildman–Crippen MR) is 64.4 cm³/mol. The van der Waals surface area contributed by atoms with E-state index in [1.165, 1.54) is 12.0 Å². The Morgan fingerprint density at radius 2 is 2.50 bits per heavy atom. The van der Waals surface area contributed by atoms with Crippen molar-refractivity contribution in [2.24, 2.45) is 0 Å². The van der Waals surface area contributed by atoms with E-state index in [1.54, 1.807) is 0 Å². The maximum atomic E-state index is 5.88. The lowest BCUT2D eigenvalue weighted by molar-refractivity contribution is -0.00945. The zero-order chi connectivity index (χ0) is 11.4. The summed E-state index contributed by atoms with van der Waals surface area (Å²) in [6, 6.07) is 4.47. The van der Waals surface area contributed by atoms with Crippen molar-refractivity contribution < 1.29 is 4.74 Å². The third-order valence-corrected chi connectivity index (χ3v) is 3.50. The highest BCUT2D eigenvalue weighted by Gasteiger charge is 2.37. The highest BCUT2D eigenvalue weighted by Crippen LogP contribution is 2.30. The Labute approximate surface area is 97.2 Å². The van der Waals surface area contributed by atoms with E-state index in [0.29, 0.717) is 6.04 Å². The fraction of sp³-hybridized carbons (Fsp3) is 0.615. The topological polar surface area (TPSA) is 34.2 Å². The molecule has 1 N–H and O–H groups in total. The van der Waals surface area contributed by atoms with Gasteiger partial charge in [0.15, 0.2) is 0 Å². The Kier molecular flexibility index (Phi) is 3.56. The lowest BCUT2D eigenvalue weighted by atomic mass is 9.89. The normalized spacial score (nSPS) is 26.9. The number of pyridine rings is 1. The van der Waals surface area contributed by atoms with Crippen LogP contribution in [0.4, 0.5) is 0 Å². The first-order chi connectivity index (χ1) is 7.74. The van der Waals surface area contributed by atoms with Gasteiger partial charge in [-0.25, -0.2) is 0 Å². The quantitative estimate of drug-likeness (QED) is 0.840. The van der Waals surface area contributed by atoms with E-state index >= 15 is 0 Å². The van der Waals surface area contributed by atoms with Crippen LogP contribution in [0.3, 0.4) is 0 Å². The molecule has 1 aliphatic rings. The van der Waals surface area contributed by atoms with Crippen LogP contribution in [-0.2, 0) is 11.2 Å². The monoisotopic (exact) mass is 220 g/mol. The molecule has 3 nitrogen and oxygen atoms in total. The maximum absolute atomic E-state index is 5.88. The molecule has 1 aliphatic heterocycles. The van der Waals surface area contributed by atoms with E-state index in [-0.39, 0.29) is 5.60 Å². The van der Waals surface area contributed by atoms with Crippen molar-refractivity contribution >= 4 is 0 Å². The standard InChI is InChI=1S/C13H20N2O/c1-13(6-4-8-16-13)12(14-2)9-11-5-3-7-15-10-11/h3,5,7,10,12,14H,4,6,8-9H2,1-2H3. The minimum Gasteiger partial charge on any atom is -0.374 e. The van der Waals surface area contributed by atoms with Crippen LogP contribution in [-0.4, -0.2) is 30.3 Å². The lowest BCUT2D eigenvalue weighted by Crippen LogP contribution is -2.48. The smallest absolute Gasteiger partial charge is 0.0810 e. The maximum Gasteiger partial charge on any atom is 0.0810 e. The van der Waals surface area contributed by atoms with Gasteiger partial charge in [0.1, 0.15) is 0 Å². The molecule has 0 aromatic carbocycles. The van der Waals surface area contributed by atoms with Gasteiger partial charge in [-0.15, -0.1) is 0 Å². The fourth-order valence-electron chi connectivity index (χ4n) is 2.45. The van der Waals surface area contributed by atoms with E-state index < -0.39 is 0 Å². The minimum atomic E-state index is -0.0232. The van der Waals surface area contributed by atoms with E-state index in [4.69, 9.17) is 4.74 Å². The van der Waals surface area contributed by atoms with Crippen LogP contribution in [0.2, 0.25) is 0 Å². The van der Waals surface area contributed by atoms with Gasteiger partial charge in [-0.2, -0.15) is 0 Å². The van der Waals surface area contributed by atoms with Crippen molar-refractivity contribution in [2.45, 2.75) is 37.8 Å². The zero-order valence-electron chi connectivity index (χ0n) is 10.1. The number of ether oxygens (including phenoxy) is 1. The summed E-state index contributed by atoms with van der Waals surface area (Å²) < 4.78 is 5.88. The first-order valence-electron chi connectivity index (χ1n) is 5.95.